The Morgan fingerprint density at radius 1 is 1.57 bits per heavy atom. The number of hydrogen-bond donors (Lipinski definition) is 4. The van der Waals surface area contributed by atoms with Crippen LogP contribution in [0.25, 0.3) is 0 Å². The number of unbranched alkanes of at least 4 members (excludes halogenated alkanes) is 1. The van der Waals surface area contributed by atoms with Crippen molar-refractivity contribution >= 4 is 5.91 Å². The van der Waals surface area contributed by atoms with Crippen molar-refractivity contribution in [3.8, 4) is 6.07 Å². The van der Waals surface area contributed by atoms with Crippen molar-refractivity contribution in [3.05, 3.63) is 5.21 Å². The van der Waals surface area contributed by atoms with E-state index in [0.717, 1.165) is 13.5 Å². The van der Waals surface area contributed by atoms with Crippen LogP contribution in [0.15, 0.2) is 0 Å². The SMILES string of the molecule is C[N+]([O-])(O)CC(N)(N)CCCC[C@H](N)C(=O)N1CCC[C@H]1C#N. The molecule has 3 atom stereocenters. The van der Waals surface area contributed by atoms with E-state index in [2.05, 4.69) is 6.07 Å². The lowest BCUT2D eigenvalue weighted by Crippen LogP contribution is -2.60. The molecule has 1 amide bonds. The molecule has 1 heterocycles. The van der Waals surface area contributed by atoms with Crippen LogP contribution in [-0.4, -0.2) is 58.7 Å². The summed E-state index contributed by atoms with van der Waals surface area (Å²) in [5.41, 5.74) is 16.2. The molecule has 0 aliphatic carbocycles. The Kier molecular flexibility index (Phi) is 6.88. The zero-order valence-corrected chi connectivity index (χ0v) is 13.6. The van der Waals surface area contributed by atoms with Gasteiger partial charge in [0.15, 0.2) is 0 Å². The van der Waals surface area contributed by atoms with Gasteiger partial charge < -0.3 is 27.3 Å². The molecule has 0 radical (unpaired) electrons. The minimum atomic E-state index is -1.53. The monoisotopic (exact) mass is 328 g/mol. The number of nitrogens with zero attached hydrogens (tertiary/aromatic N) is 3. The molecule has 1 saturated heterocycles. The zero-order chi connectivity index (χ0) is 17.7. The molecular weight excluding hydrogens is 300 g/mol. The van der Waals surface area contributed by atoms with Crippen LogP contribution in [0.5, 0.6) is 0 Å². The number of amides is 1. The van der Waals surface area contributed by atoms with E-state index in [9.17, 15) is 10.0 Å². The van der Waals surface area contributed by atoms with Crippen molar-refractivity contribution < 1.29 is 14.8 Å². The number of nitriles is 1. The second kappa shape index (κ2) is 8.01. The maximum atomic E-state index is 12.2. The molecule has 1 aliphatic rings. The molecular formula is C14H28N6O3. The van der Waals surface area contributed by atoms with Gasteiger partial charge in [0.2, 0.25) is 5.91 Å². The van der Waals surface area contributed by atoms with Gasteiger partial charge in [-0.05, 0) is 32.1 Å². The molecule has 1 rings (SSSR count). The van der Waals surface area contributed by atoms with Crippen molar-refractivity contribution in [1.29, 1.82) is 5.26 Å². The summed E-state index contributed by atoms with van der Waals surface area (Å²) in [4.78, 5) is 12.2. The van der Waals surface area contributed by atoms with Crippen molar-refractivity contribution in [1.82, 2.24) is 4.90 Å². The average molecular weight is 328 g/mol. The highest BCUT2D eigenvalue weighted by Gasteiger charge is 2.31. The maximum absolute atomic E-state index is 12.2. The molecule has 0 bridgehead atoms. The molecule has 0 spiro atoms. The molecule has 1 aliphatic heterocycles. The summed E-state index contributed by atoms with van der Waals surface area (Å²) in [6.45, 7) is 0.269. The van der Waals surface area contributed by atoms with Gasteiger partial charge in [-0.1, -0.05) is 6.42 Å². The highest BCUT2D eigenvalue weighted by molar-refractivity contribution is 5.82. The van der Waals surface area contributed by atoms with Crippen LogP contribution in [-0.2, 0) is 4.79 Å². The van der Waals surface area contributed by atoms with Crippen LogP contribution in [0.2, 0.25) is 0 Å². The van der Waals surface area contributed by atoms with Gasteiger partial charge in [-0.15, -0.1) is 0 Å². The Balaban J connectivity index is 2.33. The number of hydroxylamine groups is 4. The molecule has 9 heteroatoms. The van der Waals surface area contributed by atoms with Gasteiger partial charge in [-0.25, -0.2) is 10.0 Å². The van der Waals surface area contributed by atoms with Crippen molar-refractivity contribution in [3.63, 3.8) is 0 Å². The first kappa shape index (κ1) is 19.8. The number of hydrogen-bond acceptors (Lipinski definition) is 7. The average Bonchev–Trinajstić information content (AvgIpc) is 2.88. The largest absolute Gasteiger partial charge is 0.599 e. The topological polar surface area (TPSA) is 165 Å². The second-order valence-corrected chi connectivity index (χ2v) is 6.61. The normalized spacial score (nSPS) is 22.5. The molecule has 0 aromatic carbocycles. The standard InChI is InChI=1S/C14H28N6O3/c1-20(22,23)10-14(17,18)7-3-2-6-12(16)13(21)19-8-4-5-11(19)9-15/h11-12,22H,2-8,10,16-18H2,1H3/t11-,12-/m0/s1. The fourth-order valence-electron chi connectivity index (χ4n) is 2.94. The van der Waals surface area contributed by atoms with E-state index in [4.69, 9.17) is 27.7 Å². The minimum Gasteiger partial charge on any atom is -0.599 e. The van der Waals surface area contributed by atoms with E-state index < -0.39 is 16.5 Å². The van der Waals surface area contributed by atoms with Crippen molar-refractivity contribution in [2.45, 2.75) is 56.3 Å². The van der Waals surface area contributed by atoms with Crippen LogP contribution in [0.3, 0.4) is 0 Å². The van der Waals surface area contributed by atoms with Crippen LogP contribution in [0, 0.1) is 16.5 Å². The molecule has 0 aromatic heterocycles. The number of nitrogens with two attached hydrogens (primary N) is 3. The third kappa shape index (κ3) is 6.78. The number of carbonyl (C=O) groups is 1. The Labute approximate surface area is 136 Å². The summed E-state index contributed by atoms with van der Waals surface area (Å²) in [5.74, 6) is -0.194. The zero-order valence-electron chi connectivity index (χ0n) is 13.6. The predicted octanol–water partition coefficient (Wildman–Crippen LogP) is -0.664. The second-order valence-electron chi connectivity index (χ2n) is 6.61. The summed E-state index contributed by atoms with van der Waals surface area (Å²) in [6.07, 6.45) is 3.55. The molecule has 0 saturated carbocycles. The quantitative estimate of drug-likeness (QED) is 0.198. The summed E-state index contributed by atoms with van der Waals surface area (Å²) in [6, 6.07) is 1.10. The van der Waals surface area contributed by atoms with Crippen LogP contribution in [0.4, 0.5) is 0 Å². The number of rotatable bonds is 8. The third-order valence-corrected chi connectivity index (χ3v) is 4.00. The van der Waals surface area contributed by atoms with E-state index in [-0.39, 0.29) is 18.5 Å². The van der Waals surface area contributed by atoms with E-state index in [1.165, 1.54) is 0 Å². The van der Waals surface area contributed by atoms with Crippen molar-refractivity contribution in [2.24, 2.45) is 17.2 Å². The smallest absolute Gasteiger partial charge is 0.240 e. The van der Waals surface area contributed by atoms with E-state index in [1.807, 2.05) is 0 Å². The van der Waals surface area contributed by atoms with Crippen molar-refractivity contribution in [2.75, 3.05) is 20.1 Å². The van der Waals surface area contributed by atoms with Gasteiger partial charge in [-0.3, -0.25) is 4.79 Å². The molecule has 9 nitrogen and oxygen atoms in total. The van der Waals surface area contributed by atoms with Crippen LogP contribution < -0.4 is 17.2 Å². The van der Waals surface area contributed by atoms with E-state index in [0.29, 0.717) is 38.6 Å². The number of carbonyl (C=O) groups excluding carboxylic acids is 1. The number of likely N-dealkylation sites (N-methyl/N-ethyl adjacent to an activating group) is 1. The molecule has 23 heavy (non-hydrogen) atoms. The highest BCUT2D eigenvalue weighted by atomic mass is 16.8. The fourth-order valence-corrected chi connectivity index (χ4v) is 2.94. The Morgan fingerprint density at radius 2 is 2.22 bits per heavy atom. The van der Waals surface area contributed by atoms with Gasteiger partial charge in [0.25, 0.3) is 0 Å². The van der Waals surface area contributed by atoms with E-state index in [1.54, 1.807) is 4.90 Å². The highest BCUT2D eigenvalue weighted by Crippen LogP contribution is 2.19. The Morgan fingerprint density at radius 3 is 2.78 bits per heavy atom. The van der Waals surface area contributed by atoms with Gasteiger partial charge in [0.05, 0.1) is 19.2 Å². The van der Waals surface area contributed by atoms with Gasteiger partial charge >= 0.3 is 0 Å². The molecule has 1 unspecified atom stereocenters. The summed E-state index contributed by atoms with van der Waals surface area (Å²) < 4.78 is 0. The Bertz CT molecular complexity index is 443. The Hall–Kier alpha value is -1.28. The van der Waals surface area contributed by atoms with Crippen LogP contribution in [0.1, 0.15) is 38.5 Å². The number of likely N-dealkylation sites (tertiary alicyclic amines) is 1. The first-order chi connectivity index (χ1) is 10.6. The lowest BCUT2D eigenvalue weighted by atomic mass is 10.0. The van der Waals surface area contributed by atoms with E-state index >= 15 is 0 Å². The fraction of sp³-hybridized carbons (Fsp3) is 0.857. The van der Waals surface area contributed by atoms with Gasteiger partial charge in [-0.2, -0.15) is 5.26 Å². The van der Waals surface area contributed by atoms with Crippen LogP contribution >= 0.6 is 0 Å². The maximum Gasteiger partial charge on any atom is 0.240 e. The molecule has 7 N–H and O–H groups in total. The first-order valence-corrected chi connectivity index (χ1v) is 7.88. The summed E-state index contributed by atoms with van der Waals surface area (Å²) in [7, 11) is 1.06. The van der Waals surface area contributed by atoms with Gasteiger partial charge in [0.1, 0.15) is 18.2 Å². The van der Waals surface area contributed by atoms with Gasteiger partial charge in [0, 0.05) is 6.54 Å². The molecule has 0 aromatic rings. The predicted molar refractivity (Wildman–Crippen MR) is 84.1 cm³/mol. The minimum absolute atomic E-state index is 0.194. The lowest BCUT2D eigenvalue weighted by Gasteiger charge is -2.36. The lowest BCUT2D eigenvalue weighted by molar-refractivity contribution is -1.05. The first-order valence-electron chi connectivity index (χ1n) is 7.88. The number of quaternary nitrogens is 1. The summed E-state index contributed by atoms with van der Waals surface area (Å²) >= 11 is 0. The molecule has 1 fully saturated rings. The molecule has 132 valence electrons. The third-order valence-electron chi connectivity index (χ3n) is 4.00. The summed E-state index contributed by atoms with van der Waals surface area (Å²) in [5, 5.41) is 29.4.